The van der Waals surface area contributed by atoms with E-state index in [-0.39, 0.29) is 23.8 Å². The summed E-state index contributed by atoms with van der Waals surface area (Å²) in [5.74, 6) is -0.224. The van der Waals surface area contributed by atoms with Crippen molar-refractivity contribution in [1.82, 2.24) is 19.7 Å². The highest BCUT2D eigenvalue weighted by Gasteiger charge is 2.61. The van der Waals surface area contributed by atoms with Gasteiger partial charge in [0.25, 0.3) is 5.91 Å². The minimum atomic E-state index is -0.540. The monoisotopic (exact) mass is 434 g/mol. The van der Waals surface area contributed by atoms with Gasteiger partial charge >= 0.3 is 0 Å². The van der Waals surface area contributed by atoms with Crippen LogP contribution in [0.15, 0.2) is 48.8 Å². The Kier molecular flexibility index (Phi) is 5.47. The predicted molar refractivity (Wildman–Crippen MR) is 120 cm³/mol. The Labute approximate surface area is 189 Å². The van der Waals surface area contributed by atoms with Crippen molar-refractivity contribution in [2.45, 2.75) is 37.9 Å². The molecule has 0 saturated carbocycles. The standard InChI is InChI=1S/C25H30N4O3/c1-18(2)29-23(30)21-6-4-3-5-20(21)22(24(31)28-11-13-32-14-12-28)25(29)16-27(17-25)15-19-7-9-26-10-8-19/h3-10,18,22H,11-17H2,1-2H3. The smallest absolute Gasteiger partial charge is 0.254 e. The van der Waals surface area contributed by atoms with E-state index in [1.165, 1.54) is 5.56 Å². The normalized spacial score (nSPS) is 22.7. The van der Waals surface area contributed by atoms with Gasteiger partial charge in [0.05, 0.1) is 24.7 Å². The van der Waals surface area contributed by atoms with Crippen molar-refractivity contribution in [3.63, 3.8) is 0 Å². The largest absolute Gasteiger partial charge is 0.378 e. The molecular weight excluding hydrogens is 404 g/mol. The van der Waals surface area contributed by atoms with Gasteiger partial charge in [-0.1, -0.05) is 18.2 Å². The summed E-state index contributed by atoms with van der Waals surface area (Å²) in [7, 11) is 0. The molecular formula is C25H30N4O3. The number of ether oxygens (including phenoxy) is 1. The first kappa shape index (κ1) is 21.1. The van der Waals surface area contributed by atoms with E-state index in [4.69, 9.17) is 4.74 Å². The van der Waals surface area contributed by atoms with E-state index in [0.717, 1.165) is 12.1 Å². The van der Waals surface area contributed by atoms with Crippen LogP contribution in [-0.4, -0.2) is 82.5 Å². The first-order valence-corrected chi connectivity index (χ1v) is 11.4. The summed E-state index contributed by atoms with van der Waals surface area (Å²) in [6, 6.07) is 11.7. The molecule has 7 nitrogen and oxygen atoms in total. The van der Waals surface area contributed by atoms with Gasteiger partial charge < -0.3 is 14.5 Å². The van der Waals surface area contributed by atoms with Crippen LogP contribution in [0.2, 0.25) is 0 Å². The summed E-state index contributed by atoms with van der Waals surface area (Å²) in [6.07, 6.45) is 3.60. The molecule has 2 aromatic rings. The number of nitrogens with zero attached hydrogens (tertiary/aromatic N) is 4. The maximum atomic E-state index is 14.0. The molecule has 1 atom stereocenters. The van der Waals surface area contributed by atoms with Crippen molar-refractivity contribution in [2.75, 3.05) is 39.4 Å². The Morgan fingerprint density at radius 3 is 2.50 bits per heavy atom. The molecule has 3 aliphatic rings. The van der Waals surface area contributed by atoms with Crippen molar-refractivity contribution in [3.8, 4) is 0 Å². The lowest BCUT2D eigenvalue weighted by molar-refractivity contribution is -0.148. The van der Waals surface area contributed by atoms with Crippen molar-refractivity contribution in [1.29, 1.82) is 0 Å². The van der Waals surface area contributed by atoms with Gasteiger partial charge in [-0.15, -0.1) is 0 Å². The highest BCUT2D eigenvalue weighted by atomic mass is 16.5. The van der Waals surface area contributed by atoms with E-state index in [0.29, 0.717) is 45.0 Å². The number of carbonyl (C=O) groups excluding carboxylic acids is 2. The second-order valence-corrected chi connectivity index (χ2v) is 9.33. The van der Waals surface area contributed by atoms with Gasteiger partial charge in [-0.05, 0) is 43.2 Å². The molecule has 0 aliphatic carbocycles. The number of morpholine rings is 1. The summed E-state index contributed by atoms with van der Waals surface area (Å²) >= 11 is 0. The topological polar surface area (TPSA) is 66.0 Å². The molecule has 1 spiro atoms. The van der Waals surface area contributed by atoms with Crippen LogP contribution in [0.25, 0.3) is 0 Å². The van der Waals surface area contributed by atoms with Gasteiger partial charge in [0.1, 0.15) is 0 Å². The predicted octanol–water partition coefficient (Wildman–Crippen LogP) is 2.14. The number of fused-ring (bicyclic) bond motifs is 1. The van der Waals surface area contributed by atoms with E-state index < -0.39 is 5.54 Å². The van der Waals surface area contributed by atoms with Gasteiger partial charge in [-0.2, -0.15) is 0 Å². The summed E-state index contributed by atoms with van der Waals surface area (Å²) < 4.78 is 5.49. The highest BCUT2D eigenvalue weighted by molar-refractivity contribution is 6.02. The second kappa shape index (κ2) is 8.30. The fraction of sp³-hybridized carbons (Fsp3) is 0.480. The van der Waals surface area contributed by atoms with Crippen molar-refractivity contribution < 1.29 is 14.3 Å². The molecule has 2 amide bonds. The number of likely N-dealkylation sites (tertiary alicyclic amines) is 1. The van der Waals surface area contributed by atoms with Crippen LogP contribution < -0.4 is 0 Å². The molecule has 4 heterocycles. The average Bonchev–Trinajstić information content (AvgIpc) is 2.79. The van der Waals surface area contributed by atoms with Crippen LogP contribution in [0, 0.1) is 0 Å². The highest BCUT2D eigenvalue weighted by Crippen LogP contribution is 2.48. The van der Waals surface area contributed by atoms with Crippen LogP contribution >= 0.6 is 0 Å². The molecule has 3 aliphatic heterocycles. The number of hydrogen-bond acceptors (Lipinski definition) is 5. The molecule has 7 heteroatoms. The number of pyridine rings is 1. The first-order chi connectivity index (χ1) is 15.5. The molecule has 0 N–H and O–H groups in total. The molecule has 1 aromatic carbocycles. The fourth-order valence-corrected chi connectivity index (χ4v) is 5.70. The van der Waals surface area contributed by atoms with Gasteiger partial charge in [-0.25, -0.2) is 0 Å². The molecule has 1 unspecified atom stereocenters. The Morgan fingerprint density at radius 1 is 1.12 bits per heavy atom. The Morgan fingerprint density at radius 2 is 1.81 bits per heavy atom. The quantitative estimate of drug-likeness (QED) is 0.738. The maximum Gasteiger partial charge on any atom is 0.254 e. The Balaban J connectivity index is 1.53. The summed E-state index contributed by atoms with van der Waals surface area (Å²) in [5.41, 5.74) is 2.17. The number of benzene rings is 1. The average molecular weight is 435 g/mol. The first-order valence-electron chi connectivity index (χ1n) is 11.4. The van der Waals surface area contributed by atoms with Gasteiger partial charge in [-0.3, -0.25) is 19.5 Å². The number of aromatic nitrogens is 1. The maximum absolute atomic E-state index is 14.0. The minimum Gasteiger partial charge on any atom is -0.378 e. The van der Waals surface area contributed by atoms with Gasteiger partial charge in [0.2, 0.25) is 5.91 Å². The lowest BCUT2D eigenvalue weighted by atomic mass is 9.67. The van der Waals surface area contributed by atoms with Crippen LogP contribution in [0.1, 0.15) is 41.3 Å². The van der Waals surface area contributed by atoms with E-state index in [2.05, 4.69) is 23.7 Å². The lowest BCUT2D eigenvalue weighted by Crippen LogP contribution is -2.77. The van der Waals surface area contributed by atoms with Crippen LogP contribution in [0.5, 0.6) is 0 Å². The summed E-state index contributed by atoms with van der Waals surface area (Å²) in [6.45, 7) is 8.56. The number of rotatable bonds is 4. The molecule has 5 rings (SSSR count). The summed E-state index contributed by atoms with van der Waals surface area (Å²) in [5, 5.41) is 0. The molecule has 2 fully saturated rings. The molecule has 0 bridgehead atoms. The second-order valence-electron chi connectivity index (χ2n) is 9.33. The van der Waals surface area contributed by atoms with Crippen LogP contribution in [-0.2, 0) is 16.1 Å². The van der Waals surface area contributed by atoms with Gasteiger partial charge in [0, 0.05) is 56.7 Å². The summed E-state index contributed by atoms with van der Waals surface area (Å²) in [4.78, 5) is 37.9. The molecule has 2 saturated heterocycles. The molecule has 168 valence electrons. The van der Waals surface area contributed by atoms with Crippen LogP contribution in [0.4, 0.5) is 0 Å². The fourth-order valence-electron chi connectivity index (χ4n) is 5.70. The zero-order valence-corrected chi connectivity index (χ0v) is 18.7. The number of amides is 2. The zero-order valence-electron chi connectivity index (χ0n) is 18.7. The lowest BCUT2D eigenvalue weighted by Gasteiger charge is -2.62. The zero-order chi connectivity index (χ0) is 22.3. The molecule has 1 aromatic heterocycles. The SMILES string of the molecule is CC(C)N1C(=O)c2ccccc2C(C(=O)N2CCOCC2)C12CN(Cc1ccncc1)C2. The molecule has 32 heavy (non-hydrogen) atoms. The third-order valence-electron chi connectivity index (χ3n) is 6.97. The number of hydrogen-bond donors (Lipinski definition) is 0. The van der Waals surface area contributed by atoms with Gasteiger partial charge in [0.15, 0.2) is 0 Å². The van der Waals surface area contributed by atoms with Crippen molar-refractivity contribution >= 4 is 11.8 Å². The van der Waals surface area contributed by atoms with E-state index in [9.17, 15) is 9.59 Å². The Hall–Kier alpha value is -2.77. The minimum absolute atomic E-state index is 0.000999. The van der Waals surface area contributed by atoms with Crippen molar-refractivity contribution in [3.05, 3.63) is 65.5 Å². The third-order valence-corrected chi connectivity index (χ3v) is 6.97. The van der Waals surface area contributed by atoms with Crippen LogP contribution in [0.3, 0.4) is 0 Å². The Bertz CT molecular complexity index is 997. The molecule has 0 radical (unpaired) electrons. The van der Waals surface area contributed by atoms with E-state index in [1.807, 2.05) is 46.2 Å². The van der Waals surface area contributed by atoms with Crippen molar-refractivity contribution in [2.24, 2.45) is 0 Å². The van der Waals surface area contributed by atoms with E-state index >= 15 is 0 Å². The number of carbonyl (C=O) groups is 2. The third kappa shape index (κ3) is 3.40. The van der Waals surface area contributed by atoms with E-state index in [1.54, 1.807) is 12.4 Å².